The second kappa shape index (κ2) is 8.63. The van der Waals surface area contributed by atoms with Gasteiger partial charge in [-0.25, -0.2) is 0 Å². The van der Waals surface area contributed by atoms with Crippen LogP contribution in [-0.4, -0.2) is 33.6 Å². The van der Waals surface area contributed by atoms with Crippen LogP contribution in [0.1, 0.15) is 12.8 Å². The van der Waals surface area contributed by atoms with E-state index >= 15 is 0 Å². The highest BCUT2D eigenvalue weighted by atomic mass is 32.2. The summed E-state index contributed by atoms with van der Waals surface area (Å²) >= 11 is -1.55. The van der Waals surface area contributed by atoms with Gasteiger partial charge < -0.3 is 0 Å². The molecular weight excluding hydrogens is 280 g/mol. The molecule has 0 aliphatic carbocycles. The second-order valence-corrected chi connectivity index (χ2v) is 19.3. The minimum Gasteiger partial charge on any atom is -0.269 e. The topological polar surface area (TPSA) is 35.5 Å². The van der Waals surface area contributed by atoms with Crippen molar-refractivity contribution >= 4 is 27.5 Å². The molecule has 0 N–H and O–H groups in total. The molecule has 0 bridgehead atoms. The Morgan fingerprint density at radius 3 is 1.39 bits per heavy atom. The van der Waals surface area contributed by atoms with Gasteiger partial charge in [-0.3, -0.25) is 8.37 Å². The highest BCUT2D eigenvalue weighted by Gasteiger charge is 2.13. The molecule has 0 aromatic carbocycles. The Kier molecular flexibility index (Phi) is 8.87. The number of hydrogen-bond acceptors (Lipinski definition) is 3. The fourth-order valence-electron chi connectivity index (χ4n) is 1.49. The Labute approximate surface area is 118 Å². The molecule has 0 unspecified atom stereocenters. The lowest BCUT2D eigenvalue weighted by atomic mass is 10.5. The number of rotatable bonds is 10. The van der Waals surface area contributed by atoms with Crippen molar-refractivity contribution in [1.82, 2.24) is 0 Å². The molecule has 18 heavy (non-hydrogen) atoms. The summed E-state index contributed by atoms with van der Waals surface area (Å²) in [5, 5.41) is 0. The molecule has 0 saturated carbocycles. The monoisotopic (exact) mass is 310 g/mol. The van der Waals surface area contributed by atoms with Crippen molar-refractivity contribution in [2.45, 2.75) is 64.2 Å². The van der Waals surface area contributed by atoms with Gasteiger partial charge in [-0.2, -0.15) is 4.21 Å². The second-order valence-electron chi connectivity index (χ2n) is 7.18. The summed E-state index contributed by atoms with van der Waals surface area (Å²) < 4.78 is 21.7. The fraction of sp³-hybridized carbons (Fsp3) is 1.00. The number of hydrogen-bond donors (Lipinski definition) is 0. The third-order valence-electron chi connectivity index (χ3n) is 2.50. The van der Waals surface area contributed by atoms with Crippen molar-refractivity contribution in [3.8, 4) is 0 Å². The molecule has 0 heterocycles. The van der Waals surface area contributed by atoms with E-state index in [0.29, 0.717) is 13.2 Å². The molecule has 0 aliphatic rings. The summed E-state index contributed by atoms with van der Waals surface area (Å²) in [5.41, 5.74) is 0. The molecule has 0 radical (unpaired) electrons. The summed E-state index contributed by atoms with van der Waals surface area (Å²) in [5.74, 6) is 0. The van der Waals surface area contributed by atoms with Crippen molar-refractivity contribution in [2.75, 3.05) is 13.2 Å². The smallest absolute Gasteiger partial charge is 0.269 e. The molecule has 3 nitrogen and oxygen atoms in total. The van der Waals surface area contributed by atoms with Gasteiger partial charge in [-0.1, -0.05) is 51.4 Å². The van der Waals surface area contributed by atoms with Gasteiger partial charge in [-0.05, 0) is 12.8 Å². The largest absolute Gasteiger partial charge is 0.304 e. The molecule has 0 amide bonds. The minimum atomic E-state index is -1.55. The Bertz CT molecular complexity index is 223. The van der Waals surface area contributed by atoms with Crippen LogP contribution in [0.5, 0.6) is 0 Å². The van der Waals surface area contributed by atoms with Crippen LogP contribution in [0.4, 0.5) is 0 Å². The van der Waals surface area contributed by atoms with Crippen LogP contribution in [0.25, 0.3) is 0 Å². The van der Waals surface area contributed by atoms with Crippen LogP contribution in [0, 0.1) is 0 Å². The first-order valence-electron chi connectivity index (χ1n) is 6.78. The van der Waals surface area contributed by atoms with Gasteiger partial charge in [0, 0.05) is 16.1 Å². The van der Waals surface area contributed by atoms with Crippen LogP contribution in [0.2, 0.25) is 51.4 Å². The summed E-state index contributed by atoms with van der Waals surface area (Å²) in [6.07, 6.45) is 1.97. The highest BCUT2D eigenvalue weighted by Crippen LogP contribution is 2.12. The summed E-state index contributed by atoms with van der Waals surface area (Å²) in [7, 11) is -1.99. The highest BCUT2D eigenvalue weighted by molar-refractivity contribution is 7.75. The third kappa shape index (κ3) is 14.6. The van der Waals surface area contributed by atoms with E-state index in [1.165, 1.54) is 12.1 Å². The molecule has 0 aromatic rings. The maximum absolute atomic E-state index is 11.4. The van der Waals surface area contributed by atoms with Crippen LogP contribution in [-0.2, 0) is 19.7 Å². The molecule has 0 aliphatic heterocycles. The molecule has 110 valence electrons. The van der Waals surface area contributed by atoms with Gasteiger partial charge in [0.2, 0.25) is 0 Å². The first-order chi connectivity index (χ1) is 8.10. The lowest BCUT2D eigenvalue weighted by Gasteiger charge is -2.15. The quantitative estimate of drug-likeness (QED) is 0.451. The van der Waals surface area contributed by atoms with Crippen molar-refractivity contribution < 1.29 is 12.6 Å². The lowest BCUT2D eigenvalue weighted by molar-refractivity contribution is 0.249. The predicted octanol–water partition coefficient (Wildman–Crippen LogP) is 4.05. The molecule has 0 rings (SSSR count). The van der Waals surface area contributed by atoms with Crippen molar-refractivity contribution in [2.24, 2.45) is 0 Å². The van der Waals surface area contributed by atoms with Gasteiger partial charge >= 0.3 is 11.4 Å². The fourth-order valence-corrected chi connectivity index (χ4v) is 4.48. The van der Waals surface area contributed by atoms with E-state index in [-0.39, 0.29) is 0 Å². The average Bonchev–Trinajstić information content (AvgIpc) is 2.17. The average molecular weight is 311 g/mol. The Morgan fingerprint density at radius 2 is 1.11 bits per heavy atom. The van der Waals surface area contributed by atoms with E-state index in [9.17, 15) is 4.21 Å². The predicted molar refractivity (Wildman–Crippen MR) is 85.6 cm³/mol. The van der Waals surface area contributed by atoms with E-state index in [0.717, 1.165) is 12.8 Å². The Hall–Kier alpha value is 0.504. The van der Waals surface area contributed by atoms with Gasteiger partial charge in [0.25, 0.3) is 0 Å². The van der Waals surface area contributed by atoms with Gasteiger partial charge in [0.1, 0.15) is 0 Å². The van der Waals surface area contributed by atoms with Crippen LogP contribution in [0.3, 0.4) is 0 Å². The molecule has 0 atom stereocenters. The van der Waals surface area contributed by atoms with Gasteiger partial charge in [0.05, 0.1) is 13.2 Å². The summed E-state index contributed by atoms with van der Waals surface area (Å²) in [4.78, 5) is 0. The van der Waals surface area contributed by atoms with Gasteiger partial charge in [-0.15, -0.1) is 0 Å². The lowest BCUT2D eigenvalue weighted by Crippen LogP contribution is -2.20. The molecule has 0 aromatic heterocycles. The van der Waals surface area contributed by atoms with Crippen LogP contribution >= 0.6 is 0 Å². The molecular formula is C12H30O3SSi2. The Balaban J connectivity index is 3.44. The van der Waals surface area contributed by atoms with E-state index in [4.69, 9.17) is 8.37 Å². The maximum atomic E-state index is 11.4. The zero-order valence-corrected chi connectivity index (χ0v) is 15.7. The SMILES string of the molecule is C[Si](C)(C)CCCOS(=O)OCCC[Si](C)(C)C. The first kappa shape index (κ1) is 18.5. The van der Waals surface area contributed by atoms with Crippen molar-refractivity contribution in [1.29, 1.82) is 0 Å². The van der Waals surface area contributed by atoms with E-state index in [2.05, 4.69) is 39.3 Å². The van der Waals surface area contributed by atoms with E-state index < -0.39 is 27.5 Å². The van der Waals surface area contributed by atoms with Crippen molar-refractivity contribution in [3.05, 3.63) is 0 Å². The molecule has 6 heteroatoms. The standard InChI is InChI=1S/C12H30O3SSi2/c1-17(2,3)11-7-9-14-16(13)15-10-8-12-18(4,5)6/h7-12H2,1-6H3. The minimum absolute atomic E-state index is 0.547. The summed E-state index contributed by atoms with van der Waals surface area (Å²) in [6.45, 7) is 15.1. The summed E-state index contributed by atoms with van der Waals surface area (Å²) in [6, 6.07) is 2.42. The molecule has 0 fully saturated rings. The van der Waals surface area contributed by atoms with E-state index in [1.54, 1.807) is 0 Å². The third-order valence-corrected chi connectivity index (χ3v) is 6.93. The van der Waals surface area contributed by atoms with Crippen molar-refractivity contribution in [3.63, 3.8) is 0 Å². The van der Waals surface area contributed by atoms with E-state index in [1.807, 2.05) is 0 Å². The Morgan fingerprint density at radius 1 is 0.778 bits per heavy atom. The van der Waals surface area contributed by atoms with Crippen LogP contribution in [0.15, 0.2) is 0 Å². The van der Waals surface area contributed by atoms with Gasteiger partial charge in [0.15, 0.2) is 0 Å². The zero-order chi connectivity index (χ0) is 14.2. The first-order valence-corrected chi connectivity index (χ1v) is 15.2. The molecule has 0 spiro atoms. The zero-order valence-electron chi connectivity index (χ0n) is 12.9. The maximum Gasteiger partial charge on any atom is 0.304 e. The molecule has 0 saturated heterocycles. The van der Waals surface area contributed by atoms with Crippen LogP contribution < -0.4 is 0 Å². The normalized spacial score (nSPS) is 13.3.